The second kappa shape index (κ2) is 6.65. The van der Waals surface area contributed by atoms with Crippen LogP contribution in [0.4, 0.5) is 0 Å². The predicted octanol–water partition coefficient (Wildman–Crippen LogP) is 5.61. The zero-order chi connectivity index (χ0) is 19.5. The fourth-order valence-corrected chi connectivity index (χ4v) is 7.72. The summed E-state index contributed by atoms with van der Waals surface area (Å²) in [6.45, 7) is 4.93. The number of hydrogen-bond donors (Lipinski definition) is 1. The summed E-state index contributed by atoms with van der Waals surface area (Å²) in [6, 6.07) is 8.27. The topological polar surface area (TPSA) is 38.3 Å². The number of fused-ring (bicyclic) bond motifs is 5. The highest BCUT2D eigenvalue weighted by molar-refractivity contribution is 6.32. The van der Waals surface area contributed by atoms with E-state index < -0.39 is 0 Å². The van der Waals surface area contributed by atoms with Gasteiger partial charge in [-0.25, -0.2) is 0 Å². The number of rotatable bonds is 2. The fourth-order valence-electron chi connectivity index (χ4n) is 7.54. The van der Waals surface area contributed by atoms with Crippen molar-refractivity contribution >= 4 is 17.5 Å². The van der Waals surface area contributed by atoms with Gasteiger partial charge in [0.2, 0.25) is 5.91 Å². The standard InChI is InChI=1S/C24H32ClNO2/c1-23-14-12-22(27)26-20(23)9-7-15-16-8-10-21(24(16,2)13-11-17(15)23)28-19-6-4-3-5-18(19)25/h3-6,15-17,20-21H,7-14H2,1-2H3,(H,26,27)/t15-,16-,17+,20?,21?,23+,24-/m0/s1. The highest BCUT2D eigenvalue weighted by Gasteiger charge is 2.61. The highest BCUT2D eigenvalue weighted by atomic mass is 35.5. The molecule has 4 fully saturated rings. The monoisotopic (exact) mass is 401 g/mol. The van der Waals surface area contributed by atoms with Gasteiger partial charge in [-0.3, -0.25) is 4.79 Å². The van der Waals surface area contributed by atoms with E-state index in [-0.39, 0.29) is 22.8 Å². The normalized spacial score (nSPS) is 44.8. The third-order valence-corrected chi connectivity index (χ3v) is 9.43. The molecule has 4 heteroatoms. The van der Waals surface area contributed by atoms with Gasteiger partial charge in [-0.2, -0.15) is 0 Å². The molecule has 1 aromatic carbocycles. The van der Waals surface area contributed by atoms with E-state index in [1.54, 1.807) is 0 Å². The number of nitrogens with one attached hydrogen (secondary N) is 1. The first kappa shape index (κ1) is 18.8. The van der Waals surface area contributed by atoms with Gasteiger partial charge >= 0.3 is 0 Å². The molecule has 4 aliphatic rings. The zero-order valence-electron chi connectivity index (χ0n) is 17.0. The minimum Gasteiger partial charge on any atom is -0.488 e. The van der Waals surface area contributed by atoms with E-state index >= 15 is 0 Å². The van der Waals surface area contributed by atoms with Crippen molar-refractivity contribution in [3.63, 3.8) is 0 Å². The molecule has 5 rings (SSSR count). The Kier molecular flexibility index (Phi) is 4.46. The smallest absolute Gasteiger partial charge is 0.220 e. The van der Waals surface area contributed by atoms with Gasteiger partial charge in [-0.1, -0.05) is 37.6 Å². The number of carbonyl (C=O) groups excluding carboxylic acids is 1. The Balaban J connectivity index is 1.38. The molecule has 1 heterocycles. The summed E-state index contributed by atoms with van der Waals surface area (Å²) in [5.74, 6) is 3.34. The molecule has 0 radical (unpaired) electrons. The molecule has 1 amide bonds. The fraction of sp³-hybridized carbons (Fsp3) is 0.708. The van der Waals surface area contributed by atoms with Crippen LogP contribution in [0.3, 0.4) is 0 Å². The van der Waals surface area contributed by atoms with Crippen molar-refractivity contribution in [3.05, 3.63) is 29.3 Å². The third-order valence-electron chi connectivity index (χ3n) is 9.11. The average Bonchev–Trinajstić information content (AvgIpc) is 3.01. The maximum Gasteiger partial charge on any atom is 0.220 e. The van der Waals surface area contributed by atoms with Gasteiger partial charge in [0.05, 0.1) is 5.02 Å². The first-order chi connectivity index (χ1) is 13.4. The van der Waals surface area contributed by atoms with Crippen molar-refractivity contribution < 1.29 is 9.53 Å². The summed E-state index contributed by atoms with van der Waals surface area (Å²) in [7, 11) is 0. The Bertz CT molecular complexity index is 782. The highest BCUT2D eigenvalue weighted by Crippen LogP contribution is 2.64. The van der Waals surface area contributed by atoms with E-state index in [1.165, 1.54) is 25.7 Å². The van der Waals surface area contributed by atoms with Gasteiger partial charge in [0, 0.05) is 17.9 Å². The van der Waals surface area contributed by atoms with E-state index in [0.29, 0.717) is 17.5 Å². The molecule has 28 heavy (non-hydrogen) atoms. The van der Waals surface area contributed by atoms with E-state index in [2.05, 4.69) is 19.2 Å². The molecule has 3 nitrogen and oxygen atoms in total. The number of benzene rings is 1. The molecule has 0 aromatic heterocycles. The number of carbonyl (C=O) groups is 1. The number of amides is 1. The second-order valence-electron chi connectivity index (χ2n) is 10.2. The third kappa shape index (κ3) is 2.72. The number of piperidine rings is 1. The number of hydrogen-bond acceptors (Lipinski definition) is 2. The lowest BCUT2D eigenvalue weighted by Gasteiger charge is -2.60. The van der Waals surface area contributed by atoms with Crippen LogP contribution in [0.15, 0.2) is 24.3 Å². The van der Waals surface area contributed by atoms with E-state index in [1.807, 2.05) is 24.3 Å². The summed E-state index contributed by atoms with van der Waals surface area (Å²) in [4.78, 5) is 12.0. The minimum atomic E-state index is 0.238. The van der Waals surface area contributed by atoms with Crippen LogP contribution in [0.25, 0.3) is 0 Å². The van der Waals surface area contributed by atoms with Gasteiger partial charge in [0.15, 0.2) is 0 Å². The molecule has 0 bridgehead atoms. The molecule has 1 aliphatic heterocycles. The lowest BCUT2D eigenvalue weighted by Crippen LogP contribution is -2.61. The van der Waals surface area contributed by atoms with E-state index in [9.17, 15) is 4.79 Å². The molecule has 1 aromatic rings. The van der Waals surface area contributed by atoms with Crippen LogP contribution in [0.5, 0.6) is 5.75 Å². The van der Waals surface area contributed by atoms with Crippen LogP contribution < -0.4 is 10.1 Å². The number of halogens is 1. The maximum atomic E-state index is 12.0. The molecular formula is C24H32ClNO2. The molecule has 3 aliphatic carbocycles. The SMILES string of the molecule is C[C@]12CCC(=O)NC1CC[C@@H]1[C@H]2CC[C@]2(C)C(Oc3ccccc3Cl)CC[C@@H]12. The van der Waals surface area contributed by atoms with Crippen LogP contribution in [-0.2, 0) is 4.79 Å². The number of ether oxygens (including phenoxy) is 1. The Morgan fingerprint density at radius 2 is 1.79 bits per heavy atom. The molecule has 152 valence electrons. The molecule has 7 atom stereocenters. The van der Waals surface area contributed by atoms with Crippen LogP contribution in [0.2, 0.25) is 5.02 Å². The van der Waals surface area contributed by atoms with Crippen molar-refractivity contribution in [1.82, 2.24) is 5.32 Å². The van der Waals surface area contributed by atoms with Crippen molar-refractivity contribution in [3.8, 4) is 5.75 Å². The average molecular weight is 402 g/mol. The summed E-state index contributed by atoms with van der Waals surface area (Å²) in [6.07, 6.45) is 9.31. The summed E-state index contributed by atoms with van der Waals surface area (Å²) in [5.41, 5.74) is 0.515. The van der Waals surface area contributed by atoms with Crippen LogP contribution in [0, 0.1) is 28.6 Å². The van der Waals surface area contributed by atoms with Crippen LogP contribution >= 0.6 is 11.6 Å². The number of para-hydroxylation sites is 1. The molecule has 1 N–H and O–H groups in total. The lowest BCUT2D eigenvalue weighted by molar-refractivity contribution is -0.137. The first-order valence-corrected chi connectivity index (χ1v) is 11.5. The zero-order valence-corrected chi connectivity index (χ0v) is 17.8. The van der Waals surface area contributed by atoms with Gasteiger partial charge in [0.1, 0.15) is 11.9 Å². The lowest BCUT2D eigenvalue weighted by atomic mass is 9.47. The van der Waals surface area contributed by atoms with Crippen molar-refractivity contribution in [1.29, 1.82) is 0 Å². The molecule has 1 saturated heterocycles. The molecule has 3 saturated carbocycles. The van der Waals surface area contributed by atoms with Crippen LogP contribution in [-0.4, -0.2) is 18.1 Å². The van der Waals surface area contributed by atoms with E-state index in [4.69, 9.17) is 16.3 Å². The summed E-state index contributed by atoms with van der Waals surface area (Å²) < 4.78 is 6.52. The summed E-state index contributed by atoms with van der Waals surface area (Å²) >= 11 is 6.38. The maximum absolute atomic E-state index is 12.0. The quantitative estimate of drug-likeness (QED) is 0.699. The van der Waals surface area contributed by atoms with E-state index in [0.717, 1.165) is 42.8 Å². The predicted molar refractivity (Wildman–Crippen MR) is 111 cm³/mol. The minimum absolute atomic E-state index is 0.238. The summed E-state index contributed by atoms with van der Waals surface area (Å²) in [5, 5.41) is 4.05. The van der Waals surface area contributed by atoms with Gasteiger partial charge < -0.3 is 10.1 Å². The van der Waals surface area contributed by atoms with Gasteiger partial charge in [-0.15, -0.1) is 0 Å². The van der Waals surface area contributed by atoms with Crippen molar-refractivity contribution in [2.75, 3.05) is 0 Å². The Morgan fingerprint density at radius 3 is 2.61 bits per heavy atom. The molecular weight excluding hydrogens is 370 g/mol. The largest absolute Gasteiger partial charge is 0.488 e. The van der Waals surface area contributed by atoms with Crippen LogP contribution in [0.1, 0.15) is 65.2 Å². The first-order valence-electron chi connectivity index (χ1n) is 11.1. The van der Waals surface area contributed by atoms with Gasteiger partial charge in [0.25, 0.3) is 0 Å². The van der Waals surface area contributed by atoms with Gasteiger partial charge in [-0.05, 0) is 80.2 Å². The van der Waals surface area contributed by atoms with Crippen molar-refractivity contribution in [2.45, 2.75) is 77.4 Å². The second-order valence-corrected chi connectivity index (χ2v) is 10.6. The molecule has 2 unspecified atom stereocenters. The Labute approximate surface area is 173 Å². The Morgan fingerprint density at radius 1 is 1.00 bits per heavy atom. The van der Waals surface area contributed by atoms with Crippen molar-refractivity contribution in [2.24, 2.45) is 28.6 Å². The Hall–Kier alpha value is -1.22. The molecule has 0 spiro atoms.